The number of benzene rings is 1. The van der Waals surface area contributed by atoms with E-state index >= 15 is 0 Å². The highest BCUT2D eigenvalue weighted by Gasteiger charge is 2.11. The molecular weight excluding hydrogens is 255 g/mol. The largest absolute Gasteiger partial charge is 0.465 e. The van der Waals surface area contributed by atoms with Gasteiger partial charge < -0.3 is 9.47 Å². The molecule has 1 aromatic carbocycles. The Labute approximate surface area is 111 Å². The van der Waals surface area contributed by atoms with Crippen LogP contribution < -0.4 is 0 Å². The number of carbonyl (C=O) groups excluding carboxylic acids is 1. The van der Waals surface area contributed by atoms with E-state index in [-0.39, 0.29) is 5.56 Å². The van der Waals surface area contributed by atoms with Crippen LogP contribution in [0.4, 0.5) is 4.39 Å². The number of methoxy groups -OCH3 is 2. The van der Waals surface area contributed by atoms with Crippen molar-refractivity contribution >= 4 is 17.7 Å². The van der Waals surface area contributed by atoms with Crippen LogP contribution in [0.25, 0.3) is 0 Å². The first-order valence-electron chi connectivity index (χ1n) is 5.62. The number of rotatable bonds is 7. The number of hydrogen-bond acceptors (Lipinski definition) is 4. The Morgan fingerprint density at radius 1 is 1.39 bits per heavy atom. The summed E-state index contributed by atoms with van der Waals surface area (Å²) in [6.45, 7) is 0.739. The van der Waals surface area contributed by atoms with Crippen molar-refractivity contribution in [1.29, 1.82) is 0 Å². The van der Waals surface area contributed by atoms with Gasteiger partial charge in [0.05, 0.1) is 12.7 Å². The minimum atomic E-state index is -0.646. The number of carbonyl (C=O) groups is 1. The van der Waals surface area contributed by atoms with Gasteiger partial charge in [0.25, 0.3) is 0 Å². The Kier molecular flexibility index (Phi) is 6.75. The number of hydrogen-bond donors (Lipinski definition) is 0. The molecular formula is C13H17FO3S. The van der Waals surface area contributed by atoms with Gasteiger partial charge in [0.1, 0.15) is 5.82 Å². The van der Waals surface area contributed by atoms with Gasteiger partial charge in [-0.15, -0.1) is 0 Å². The molecule has 0 fully saturated rings. The van der Waals surface area contributed by atoms with Crippen LogP contribution in [0, 0.1) is 5.82 Å². The number of halogens is 1. The van der Waals surface area contributed by atoms with E-state index in [2.05, 4.69) is 4.74 Å². The molecule has 100 valence electrons. The third kappa shape index (κ3) is 4.66. The zero-order chi connectivity index (χ0) is 13.4. The molecule has 0 unspecified atom stereocenters. The number of esters is 1. The van der Waals surface area contributed by atoms with Gasteiger partial charge in [-0.05, 0) is 29.9 Å². The van der Waals surface area contributed by atoms with Crippen LogP contribution in [0.2, 0.25) is 0 Å². The summed E-state index contributed by atoms with van der Waals surface area (Å²) in [5, 5.41) is 0. The summed E-state index contributed by atoms with van der Waals surface area (Å²) in [6, 6.07) is 4.60. The first-order chi connectivity index (χ1) is 8.69. The van der Waals surface area contributed by atoms with Crippen molar-refractivity contribution in [2.24, 2.45) is 0 Å². The van der Waals surface area contributed by atoms with E-state index in [1.54, 1.807) is 24.9 Å². The van der Waals surface area contributed by atoms with Gasteiger partial charge in [-0.25, -0.2) is 9.18 Å². The molecule has 0 aliphatic heterocycles. The van der Waals surface area contributed by atoms with Crippen molar-refractivity contribution in [2.75, 3.05) is 26.6 Å². The molecule has 18 heavy (non-hydrogen) atoms. The van der Waals surface area contributed by atoms with Gasteiger partial charge in [-0.3, -0.25) is 0 Å². The number of ether oxygens (including phenoxy) is 2. The first kappa shape index (κ1) is 15.0. The quantitative estimate of drug-likeness (QED) is 0.565. The Balaban J connectivity index is 2.49. The Bertz CT molecular complexity index is 396. The van der Waals surface area contributed by atoms with Crippen LogP contribution >= 0.6 is 11.8 Å². The summed E-state index contributed by atoms with van der Waals surface area (Å²) in [7, 11) is 2.91. The normalized spacial score (nSPS) is 10.4. The van der Waals surface area contributed by atoms with Crippen LogP contribution in [0.3, 0.4) is 0 Å². The van der Waals surface area contributed by atoms with Crippen LogP contribution in [0.1, 0.15) is 22.3 Å². The average molecular weight is 272 g/mol. The summed E-state index contributed by atoms with van der Waals surface area (Å²) < 4.78 is 23.0. The third-order valence-corrected chi connectivity index (χ3v) is 3.46. The Morgan fingerprint density at radius 3 is 2.78 bits per heavy atom. The predicted molar refractivity (Wildman–Crippen MR) is 70.4 cm³/mol. The predicted octanol–water partition coefficient (Wildman–Crippen LogP) is 2.88. The molecule has 5 heteroatoms. The fourth-order valence-corrected chi connectivity index (χ4v) is 2.30. The molecule has 0 N–H and O–H groups in total. The molecule has 0 saturated carbocycles. The van der Waals surface area contributed by atoms with Crippen molar-refractivity contribution in [3.05, 3.63) is 35.1 Å². The van der Waals surface area contributed by atoms with Crippen molar-refractivity contribution in [3.8, 4) is 0 Å². The zero-order valence-electron chi connectivity index (χ0n) is 10.6. The summed E-state index contributed by atoms with van der Waals surface area (Å²) >= 11 is 1.71. The number of thioether (sulfide) groups is 1. The standard InChI is InChI=1S/C13H17FO3S/c1-16-6-3-7-18-9-10-4-5-11(12(14)8-10)13(15)17-2/h4-5,8H,3,6-7,9H2,1-2H3. The molecule has 0 aromatic heterocycles. The van der Waals surface area contributed by atoms with E-state index in [1.807, 2.05) is 0 Å². The fourth-order valence-electron chi connectivity index (χ4n) is 1.42. The van der Waals surface area contributed by atoms with Gasteiger partial charge in [0, 0.05) is 19.5 Å². The second kappa shape index (κ2) is 8.11. The lowest BCUT2D eigenvalue weighted by atomic mass is 10.1. The van der Waals surface area contributed by atoms with Gasteiger partial charge in [0.15, 0.2) is 0 Å². The molecule has 0 aliphatic rings. The highest BCUT2D eigenvalue weighted by molar-refractivity contribution is 7.98. The molecule has 0 atom stereocenters. The molecule has 0 saturated heterocycles. The summed E-state index contributed by atoms with van der Waals surface area (Å²) in [4.78, 5) is 11.2. The van der Waals surface area contributed by atoms with E-state index in [9.17, 15) is 9.18 Å². The van der Waals surface area contributed by atoms with E-state index in [1.165, 1.54) is 19.2 Å². The van der Waals surface area contributed by atoms with E-state index in [0.29, 0.717) is 0 Å². The van der Waals surface area contributed by atoms with Gasteiger partial charge in [-0.2, -0.15) is 11.8 Å². The topological polar surface area (TPSA) is 35.5 Å². The average Bonchev–Trinajstić information content (AvgIpc) is 2.38. The molecule has 0 radical (unpaired) electrons. The van der Waals surface area contributed by atoms with E-state index in [0.717, 1.165) is 30.1 Å². The maximum Gasteiger partial charge on any atom is 0.340 e. The maximum absolute atomic E-state index is 13.6. The smallest absolute Gasteiger partial charge is 0.340 e. The zero-order valence-corrected chi connectivity index (χ0v) is 11.4. The van der Waals surface area contributed by atoms with Crippen molar-refractivity contribution in [1.82, 2.24) is 0 Å². The van der Waals surface area contributed by atoms with Crippen molar-refractivity contribution in [3.63, 3.8) is 0 Å². The van der Waals surface area contributed by atoms with Gasteiger partial charge in [-0.1, -0.05) is 6.07 Å². The summed E-state index contributed by atoms with van der Waals surface area (Å²) in [5.74, 6) is 0.514. The Hall–Kier alpha value is -1.07. The van der Waals surface area contributed by atoms with Gasteiger partial charge >= 0.3 is 5.97 Å². The second-order valence-corrected chi connectivity index (χ2v) is 4.81. The first-order valence-corrected chi connectivity index (χ1v) is 6.78. The second-order valence-electron chi connectivity index (χ2n) is 3.70. The molecule has 1 rings (SSSR count). The molecule has 0 amide bonds. The molecule has 0 heterocycles. The van der Waals surface area contributed by atoms with E-state index in [4.69, 9.17) is 4.74 Å². The van der Waals surface area contributed by atoms with Crippen molar-refractivity contribution in [2.45, 2.75) is 12.2 Å². The summed E-state index contributed by atoms with van der Waals surface area (Å²) in [5.41, 5.74) is 0.841. The van der Waals surface area contributed by atoms with Crippen LogP contribution in [0.15, 0.2) is 18.2 Å². The summed E-state index contributed by atoms with van der Waals surface area (Å²) in [6.07, 6.45) is 0.976. The minimum Gasteiger partial charge on any atom is -0.465 e. The lowest BCUT2D eigenvalue weighted by Crippen LogP contribution is -2.04. The highest BCUT2D eigenvalue weighted by Crippen LogP contribution is 2.17. The molecule has 3 nitrogen and oxygen atoms in total. The lowest BCUT2D eigenvalue weighted by molar-refractivity contribution is 0.0595. The Morgan fingerprint density at radius 2 is 2.17 bits per heavy atom. The van der Waals surface area contributed by atoms with E-state index < -0.39 is 11.8 Å². The van der Waals surface area contributed by atoms with Crippen LogP contribution in [-0.2, 0) is 15.2 Å². The molecule has 0 spiro atoms. The molecule has 1 aromatic rings. The van der Waals surface area contributed by atoms with Crippen LogP contribution in [0.5, 0.6) is 0 Å². The van der Waals surface area contributed by atoms with Crippen molar-refractivity contribution < 1.29 is 18.7 Å². The van der Waals surface area contributed by atoms with Crippen LogP contribution in [-0.4, -0.2) is 32.5 Å². The highest BCUT2D eigenvalue weighted by atomic mass is 32.2. The molecule has 0 bridgehead atoms. The van der Waals surface area contributed by atoms with Gasteiger partial charge in [0.2, 0.25) is 0 Å². The lowest BCUT2D eigenvalue weighted by Gasteiger charge is -2.05. The maximum atomic E-state index is 13.6. The third-order valence-electron chi connectivity index (χ3n) is 2.34. The monoisotopic (exact) mass is 272 g/mol. The minimum absolute atomic E-state index is 0.0226. The fraction of sp³-hybridized carbons (Fsp3) is 0.462. The SMILES string of the molecule is COCCCSCc1ccc(C(=O)OC)c(F)c1. The molecule has 0 aliphatic carbocycles.